The highest BCUT2D eigenvalue weighted by Crippen LogP contribution is 2.33. The van der Waals surface area contributed by atoms with Crippen LogP contribution in [0.15, 0.2) is 18.2 Å². The molecule has 1 aromatic carbocycles. The van der Waals surface area contributed by atoms with Crippen LogP contribution in [0.1, 0.15) is 18.6 Å². The number of aliphatic hydroxyl groups excluding tert-OH is 1. The number of nitrogens with zero attached hydrogens (tertiary/aromatic N) is 2. The number of hydrogen-bond donors (Lipinski definition) is 1. The molecule has 0 spiro atoms. The second-order valence-corrected chi connectivity index (χ2v) is 4.79. The van der Waals surface area contributed by atoms with E-state index in [9.17, 15) is 5.11 Å². The molecule has 0 bridgehead atoms. The van der Waals surface area contributed by atoms with Crippen LogP contribution in [0, 0.1) is 0 Å². The number of likely N-dealkylation sites (N-methyl/N-ethyl adjacent to an activating group) is 2. The van der Waals surface area contributed by atoms with Crippen LogP contribution in [0.3, 0.4) is 0 Å². The van der Waals surface area contributed by atoms with Crippen molar-refractivity contribution in [3.05, 3.63) is 23.8 Å². The molecule has 0 amide bonds. The molecule has 0 aliphatic carbocycles. The minimum atomic E-state index is -0.544. The lowest BCUT2D eigenvalue weighted by atomic mass is 10.1. The van der Waals surface area contributed by atoms with E-state index in [1.54, 1.807) is 14.0 Å². The summed E-state index contributed by atoms with van der Waals surface area (Å²) in [6, 6.07) is 5.85. The van der Waals surface area contributed by atoms with Gasteiger partial charge in [-0.3, -0.25) is 0 Å². The Morgan fingerprint density at radius 2 is 1.89 bits per heavy atom. The Hall–Kier alpha value is -1.26. The summed E-state index contributed by atoms with van der Waals surface area (Å²) in [5, 5.41) is 9.93. The van der Waals surface area contributed by atoms with E-state index in [1.165, 1.54) is 0 Å². The quantitative estimate of drug-likeness (QED) is 0.836. The van der Waals surface area contributed by atoms with E-state index in [0.717, 1.165) is 30.1 Å². The summed E-state index contributed by atoms with van der Waals surface area (Å²) in [7, 11) is 7.76. The molecule has 4 heteroatoms. The number of methoxy groups -OCH3 is 1. The fourth-order valence-corrected chi connectivity index (χ4v) is 1.93. The van der Waals surface area contributed by atoms with E-state index < -0.39 is 6.10 Å². The van der Waals surface area contributed by atoms with Gasteiger partial charge in [0, 0.05) is 31.4 Å². The van der Waals surface area contributed by atoms with Gasteiger partial charge in [0.1, 0.15) is 5.75 Å². The van der Waals surface area contributed by atoms with Gasteiger partial charge in [-0.05, 0) is 33.2 Å². The number of hydrogen-bond acceptors (Lipinski definition) is 4. The predicted octanol–water partition coefficient (Wildman–Crippen LogP) is 1.75. The molecule has 0 fully saturated rings. The number of rotatable bonds is 6. The van der Waals surface area contributed by atoms with Crippen LogP contribution in [0.4, 0.5) is 5.69 Å². The second-order valence-electron chi connectivity index (χ2n) is 4.79. The van der Waals surface area contributed by atoms with E-state index in [-0.39, 0.29) is 0 Å². The second kappa shape index (κ2) is 6.61. The zero-order valence-corrected chi connectivity index (χ0v) is 12.0. The highest BCUT2D eigenvalue weighted by atomic mass is 16.5. The summed E-state index contributed by atoms with van der Waals surface area (Å²) < 4.78 is 5.33. The summed E-state index contributed by atoms with van der Waals surface area (Å²) >= 11 is 0. The Kier molecular flexibility index (Phi) is 5.44. The van der Waals surface area contributed by atoms with Gasteiger partial charge in [-0.2, -0.15) is 0 Å². The Balaban J connectivity index is 2.99. The van der Waals surface area contributed by atoms with Gasteiger partial charge in [-0.25, -0.2) is 0 Å². The van der Waals surface area contributed by atoms with Crippen molar-refractivity contribution in [1.82, 2.24) is 4.90 Å². The van der Waals surface area contributed by atoms with Crippen LogP contribution in [0.5, 0.6) is 5.75 Å². The van der Waals surface area contributed by atoms with E-state index in [1.807, 2.05) is 25.2 Å². The standard InChI is InChI=1S/C14H24N2O2/c1-11(17)14-12(7-6-8-13(14)18-5)16(4)10-9-15(2)3/h6-8,11,17H,9-10H2,1-5H3/t11-/m1/s1. The topological polar surface area (TPSA) is 35.9 Å². The molecular formula is C14H24N2O2. The molecule has 0 unspecified atom stereocenters. The first-order valence-electron chi connectivity index (χ1n) is 6.18. The van der Waals surface area contributed by atoms with Crippen molar-refractivity contribution < 1.29 is 9.84 Å². The molecule has 1 rings (SSSR count). The van der Waals surface area contributed by atoms with Crippen LogP contribution in [0.25, 0.3) is 0 Å². The largest absolute Gasteiger partial charge is 0.496 e. The molecule has 0 radical (unpaired) electrons. The third-order valence-corrected chi connectivity index (χ3v) is 2.97. The zero-order valence-electron chi connectivity index (χ0n) is 12.0. The first-order chi connectivity index (χ1) is 8.47. The zero-order chi connectivity index (χ0) is 13.7. The third-order valence-electron chi connectivity index (χ3n) is 2.97. The van der Waals surface area contributed by atoms with Gasteiger partial charge in [0.15, 0.2) is 0 Å². The average Bonchev–Trinajstić information content (AvgIpc) is 2.34. The van der Waals surface area contributed by atoms with Gasteiger partial charge in [-0.1, -0.05) is 6.07 Å². The Morgan fingerprint density at radius 3 is 2.39 bits per heavy atom. The van der Waals surface area contributed by atoms with E-state index in [0.29, 0.717) is 0 Å². The van der Waals surface area contributed by atoms with Crippen LogP contribution in [-0.2, 0) is 0 Å². The molecule has 18 heavy (non-hydrogen) atoms. The molecule has 0 aliphatic rings. The fraction of sp³-hybridized carbons (Fsp3) is 0.571. The van der Waals surface area contributed by atoms with Crippen molar-refractivity contribution in [3.8, 4) is 5.75 Å². The molecule has 0 saturated heterocycles. The van der Waals surface area contributed by atoms with E-state index >= 15 is 0 Å². The first kappa shape index (κ1) is 14.8. The highest BCUT2D eigenvalue weighted by Gasteiger charge is 2.16. The van der Waals surface area contributed by atoms with Crippen LogP contribution in [-0.4, -0.2) is 51.3 Å². The molecule has 4 nitrogen and oxygen atoms in total. The van der Waals surface area contributed by atoms with Crippen molar-refractivity contribution in [1.29, 1.82) is 0 Å². The van der Waals surface area contributed by atoms with Crippen molar-refractivity contribution in [2.75, 3.05) is 46.2 Å². The summed E-state index contributed by atoms with van der Waals surface area (Å²) in [5.74, 6) is 0.735. The molecule has 0 saturated carbocycles. The molecule has 1 N–H and O–H groups in total. The molecule has 0 aliphatic heterocycles. The lowest BCUT2D eigenvalue weighted by Gasteiger charge is -2.26. The van der Waals surface area contributed by atoms with Crippen molar-refractivity contribution in [2.24, 2.45) is 0 Å². The number of aliphatic hydroxyl groups is 1. The Morgan fingerprint density at radius 1 is 1.22 bits per heavy atom. The van der Waals surface area contributed by atoms with E-state index in [4.69, 9.17) is 4.74 Å². The molecule has 0 heterocycles. The molecule has 1 atom stereocenters. The SMILES string of the molecule is COc1cccc(N(C)CCN(C)C)c1[C@@H](C)O. The van der Waals surface area contributed by atoms with Crippen molar-refractivity contribution in [3.63, 3.8) is 0 Å². The lowest BCUT2D eigenvalue weighted by molar-refractivity contribution is 0.194. The normalized spacial score (nSPS) is 12.6. The van der Waals surface area contributed by atoms with Crippen LogP contribution >= 0.6 is 0 Å². The average molecular weight is 252 g/mol. The Bertz CT molecular complexity index is 378. The Labute approximate surface area is 110 Å². The highest BCUT2D eigenvalue weighted by molar-refractivity contribution is 5.60. The van der Waals surface area contributed by atoms with Crippen molar-refractivity contribution in [2.45, 2.75) is 13.0 Å². The maximum absolute atomic E-state index is 9.93. The van der Waals surface area contributed by atoms with Gasteiger partial charge in [0.25, 0.3) is 0 Å². The smallest absolute Gasteiger partial charge is 0.126 e. The summed E-state index contributed by atoms with van der Waals surface area (Å²) in [4.78, 5) is 4.28. The number of anilines is 1. The van der Waals surface area contributed by atoms with E-state index in [2.05, 4.69) is 23.9 Å². The molecule has 1 aromatic rings. The molecule has 0 aromatic heterocycles. The van der Waals surface area contributed by atoms with Gasteiger partial charge in [0.05, 0.1) is 13.2 Å². The first-order valence-corrected chi connectivity index (χ1v) is 6.18. The minimum Gasteiger partial charge on any atom is -0.496 e. The monoisotopic (exact) mass is 252 g/mol. The van der Waals surface area contributed by atoms with Gasteiger partial charge < -0.3 is 19.6 Å². The third kappa shape index (κ3) is 3.62. The maximum atomic E-state index is 9.93. The summed E-state index contributed by atoms with van der Waals surface area (Å²) in [5.41, 5.74) is 1.87. The maximum Gasteiger partial charge on any atom is 0.126 e. The summed E-state index contributed by atoms with van der Waals surface area (Å²) in [6.07, 6.45) is -0.544. The van der Waals surface area contributed by atoms with Crippen LogP contribution < -0.4 is 9.64 Å². The lowest BCUT2D eigenvalue weighted by Crippen LogP contribution is -2.29. The van der Waals surface area contributed by atoms with Gasteiger partial charge in [-0.15, -0.1) is 0 Å². The number of benzene rings is 1. The summed E-state index contributed by atoms with van der Waals surface area (Å²) in [6.45, 7) is 3.63. The minimum absolute atomic E-state index is 0.544. The van der Waals surface area contributed by atoms with Gasteiger partial charge >= 0.3 is 0 Å². The van der Waals surface area contributed by atoms with Crippen LogP contribution in [0.2, 0.25) is 0 Å². The molecular weight excluding hydrogens is 228 g/mol. The number of ether oxygens (including phenoxy) is 1. The molecule has 102 valence electrons. The predicted molar refractivity (Wildman–Crippen MR) is 75.5 cm³/mol. The van der Waals surface area contributed by atoms with Crippen molar-refractivity contribution >= 4 is 5.69 Å². The van der Waals surface area contributed by atoms with Gasteiger partial charge in [0.2, 0.25) is 0 Å². The fourth-order valence-electron chi connectivity index (χ4n) is 1.93.